The van der Waals surface area contributed by atoms with Crippen molar-refractivity contribution in [3.8, 4) is 11.5 Å². The summed E-state index contributed by atoms with van der Waals surface area (Å²) in [4.78, 5) is 16.2. The van der Waals surface area contributed by atoms with Crippen LogP contribution in [0.1, 0.15) is 15.9 Å². The summed E-state index contributed by atoms with van der Waals surface area (Å²) in [6.07, 6.45) is 1.50. The molecule has 6 nitrogen and oxygen atoms in total. The van der Waals surface area contributed by atoms with Gasteiger partial charge in [-0.15, -0.1) is 0 Å². The molecule has 0 aliphatic rings. The summed E-state index contributed by atoms with van der Waals surface area (Å²) in [7, 11) is 0. The highest BCUT2D eigenvalue weighted by Gasteiger charge is 2.10. The fraction of sp³-hybridized carbons (Fsp3) is 0.0500. The van der Waals surface area contributed by atoms with Gasteiger partial charge in [0.05, 0.1) is 0 Å². The molecule has 1 aromatic heterocycles. The Bertz CT molecular complexity index is 931. The van der Waals surface area contributed by atoms with Crippen LogP contribution in [0.5, 0.6) is 11.5 Å². The van der Waals surface area contributed by atoms with Gasteiger partial charge in [0.1, 0.15) is 12.4 Å². The Labute approximate surface area is 161 Å². The lowest BCUT2D eigenvalue weighted by Gasteiger charge is -2.10. The first-order valence-electron chi connectivity index (χ1n) is 8.15. The minimum Gasteiger partial charge on any atom is -0.504 e. The molecular weight excluding hydrogens is 362 g/mol. The number of carbonyl (C=O) groups excluding carboxylic acids is 1. The SMILES string of the molecule is O=C(NC(=S)Nc1ncccc1O)c1ccc(OCc2ccccc2)cc1. The number of nitrogens with one attached hydrogen (secondary N) is 2. The lowest BCUT2D eigenvalue weighted by molar-refractivity contribution is 0.0977. The van der Waals surface area contributed by atoms with Crippen LogP contribution in [0.4, 0.5) is 5.82 Å². The van der Waals surface area contributed by atoms with E-state index in [9.17, 15) is 9.90 Å². The van der Waals surface area contributed by atoms with Crippen LogP contribution >= 0.6 is 12.2 Å². The Hall–Kier alpha value is -3.45. The number of aromatic nitrogens is 1. The fourth-order valence-electron chi connectivity index (χ4n) is 2.25. The number of carbonyl (C=O) groups is 1. The molecule has 136 valence electrons. The molecule has 3 rings (SSSR count). The smallest absolute Gasteiger partial charge is 0.257 e. The summed E-state index contributed by atoms with van der Waals surface area (Å²) in [6.45, 7) is 0.452. The molecule has 7 heteroatoms. The van der Waals surface area contributed by atoms with Crippen LogP contribution < -0.4 is 15.4 Å². The minimum atomic E-state index is -0.377. The van der Waals surface area contributed by atoms with E-state index in [1.54, 1.807) is 30.3 Å². The quantitative estimate of drug-likeness (QED) is 0.589. The summed E-state index contributed by atoms with van der Waals surface area (Å²) in [5.41, 5.74) is 1.49. The Morgan fingerprint density at radius 3 is 2.48 bits per heavy atom. The maximum absolute atomic E-state index is 12.3. The highest BCUT2D eigenvalue weighted by atomic mass is 32.1. The van der Waals surface area contributed by atoms with E-state index in [1.165, 1.54) is 12.3 Å². The largest absolute Gasteiger partial charge is 0.504 e. The van der Waals surface area contributed by atoms with Gasteiger partial charge in [0, 0.05) is 11.8 Å². The van der Waals surface area contributed by atoms with E-state index in [2.05, 4.69) is 15.6 Å². The van der Waals surface area contributed by atoms with Crippen LogP contribution in [0.25, 0.3) is 0 Å². The minimum absolute atomic E-state index is 0.0402. The summed E-state index contributed by atoms with van der Waals surface area (Å²) in [5.74, 6) is 0.397. The maximum atomic E-state index is 12.3. The molecule has 0 atom stereocenters. The fourth-order valence-corrected chi connectivity index (χ4v) is 2.44. The highest BCUT2D eigenvalue weighted by Crippen LogP contribution is 2.18. The second-order valence-electron chi connectivity index (χ2n) is 5.58. The molecule has 27 heavy (non-hydrogen) atoms. The van der Waals surface area contributed by atoms with Crippen molar-refractivity contribution >= 4 is 29.1 Å². The molecule has 0 saturated heterocycles. The van der Waals surface area contributed by atoms with Gasteiger partial charge in [-0.3, -0.25) is 10.1 Å². The van der Waals surface area contributed by atoms with E-state index < -0.39 is 0 Å². The summed E-state index contributed by atoms with van der Waals surface area (Å²) >= 11 is 5.07. The van der Waals surface area contributed by atoms with E-state index in [-0.39, 0.29) is 22.6 Å². The average molecular weight is 379 g/mol. The second-order valence-corrected chi connectivity index (χ2v) is 5.99. The standard InChI is InChI=1S/C20H17N3O3S/c24-17-7-4-12-21-18(17)22-20(27)23-19(25)15-8-10-16(11-9-15)26-13-14-5-2-1-3-6-14/h1-12,24H,13H2,(H2,21,22,23,25,27). The number of thiocarbonyl (C=S) groups is 1. The monoisotopic (exact) mass is 379 g/mol. The number of ether oxygens (including phenoxy) is 1. The van der Waals surface area contributed by atoms with Crippen LogP contribution in [0.15, 0.2) is 72.9 Å². The summed E-state index contributed by atoms with van der Waals surface area (Å²) in [5, 5.41) is 14.9. The van der Waals surface area contributed by atoms with E-state index in [0.717, 1.165) is 5.56 Å². The van der Waals surface area contributed by atoms with Gasteiger partial charge in [0.2, 0.25) is 0 Å². The first kappa shape index (κ1) is 18.3. The molecule has 0 bridgehead atoms. The van der Waals surface area contributed by atoms with Crippen molar-refractivity contribution in [2.75, 3.05) is 5.32 Å². The predicted molar refractivity (Wildman–Crippen MR) is 107 cm³/mol. The lowest BCUT2D eigenvalue weighted by atomic mass is 10.2. The zero-order chi connectivity index (χ0) is 19.1. The van der Waals surface area contributed by atoms with E-state index in [4.69, 9.17) is 17.0 Å². The van der Waals surface area contributed by atoms with Gasteiger partial charge < -0.3 is 15.2 Å². The van der Waals surface area contributed by atoms with E-state index in [0.29, 0.717) is 17.9 Å². The second kappa shape index (κ2) is 8.77. The third-order valence-corrected chi connectivity index (χ3v) is 3.81. The molecule has 0 spiro atoms. The summed E-state index contributed by atoms with van der Waals surface area (Å²) in [6, 6.07) is 19.6. The van der Waals surface area contributed by atoms with Gasteiger partial charge in [-0.2, -0.15) is 0 Å². The van der Waals surface area contributed by atoms with Crippen LogP contribution in [-0.4, -0.2) is 21.1 Å². The zero-order valence-electron chi connectivity index (χ0n) is 14.3. The number of nitrogens with zero attached hydrogens (tertiary/aromatic N) is 1. The average Bonchev–Trinajstić information content (AvgIpc) is 2.69. The Kier molecular flexibility index (Phi) is 5.96. The molecule has 0 aliphatic heterocycles. The summed E-state index contributed by atoms with van der Waals surface area (Å²) < 4.78 is 5.69. The van der Waals surface area contributed by atoms with Crippen molar-refractivity contribution in [2.45, 2.75) is 6.61 Å². The molecule has 3 aromatic rings. The van der Waals surface area contributed by atoms with Gasteiger partial charge in [0.15, 0.2) is 16.7 Å². The number of anilines is 1. The van der Waals surface area contributed by atoms with Gasteiger partial charge in [-0.25, -0.2) is 4.98 Å². The Morgan fingerprint density at radius 1 is 1.04 bits per heavy atom. The highest BCUT2D eigenvalue weighted by molar-refractivity contribution is 7.80. The third kappa shape index (κ3) is 5.26. The Morgan fingerprint density at radius 2 is 1.78 bits per heavy atom. The number of pyridine rings is 1. The van der Waals surface area contributed by atoms with Crippen LogP contribution in [0.3, 0.4) is 0 Å². The van der Waals surface area contributed by atoms with Crippen molar-refractivity contribution in [1.29, 1.82) is 0 Å². The van der Waals surface area contributed by atoms with Crippen molar-refractivity contribution in [2.24, 2.45) is 0 Å². The van der Waals surface area contributed by atoms with Crippen LogP contribution in [0.2, 0.25) is 0 Å². The van der Waals surface area contributed by atoms with Gasteiger partial charge >= 0.3 is 0 Å². The molecule has 2 aromatic carbocycles. The van der Waals surface area contributed by atoms with Crippen molar-refractivity contribution in [1.82, 2.24) is 10.3 Å². The predicted octanol–water partition coefficient (Wildman–Crippen LogP) is 3.49. The number of aromatic hydroxyl groups is 1. The normalized spacial score (nSPS) is 10.1. The molecule has 3 N–H and O–H groups in total. The number of hydrogen-bond acceptors (Lipinski definition) is 5. The zero-order valence-corrected chi connectivity index (χ0v) is 15.1. The topological polar surface area (TPSA) is 83.5 Å². The molecule has 0 saturated carbocycles. The lowest BCUT2D eigenvalue weighted by Crippen LogP contribution is -2.34. The number of hydrogen-bond donors (Lipinski definition) is 3. The van der Waals surface area contributed by atoms with Crippen molar-refractivity contribution in [3.63, 3.8) is 0 Å². The number of amides is 1. The van der Waals surface area contributed by atoms with E-state index in [1.807, 2.05) is 30.3 Å². The first-order valence-corrected chi connectivity index (χ1v) is 8.56. The molecule has 0 unspecified atom stereocenters. The third-order valence-electron chi connectivity index (χ3n) is 3.61. The number of benzene rings is 2. The van der Waals surface area contributed by atoms with E-state index >= 15 is 0 Å². The van der Waals surface area contributed by atoms with Crippen molar-refractivity contribution < 1.29 is 14.6 Å². The molecule has 0 fully saturated rings. The maximum Gasteiger partial charge on any atom is 0.257 e. The van der Waals surface area contributed by atoms with Gasteiger partial charge in [-0.05, 0) is 54.2 Å². The van der Waals surface area contributed by atoms with Crippen molar-refractivity contribution in [3.05, 3.63) is 84.1 Å². The molecule has 0 radical (unpaired) electrons. The van der Waals surface area contributed by atoms with Gasteiger partial charge in [-0.1, -0.05) is 30.3 Å². The first-order chi connectivity index (χ1) is 13.1. The number of rotatable bonds is 5. The van der Waals surface area contributed by atoms with Gasteiger partial charge in [0.25, 0.3) is 5.91 Å². The molecule has 1 amide bonds. The van der Waals surface area contributed by atoms with Crippen LogP contribution in [0, 0.1) is 0 Å². The van der Waals surface area contributed by atoms with Crippen LogP contribution in [-0.2, 0) is 6.61 Å². The Balaban J connectivity index is 1.54. The molecule has 0 aliphatic carbocycles. The molecule has 1 heterocycles. The molecular formula is C20H17N3O3S.